The number of anilines is 2. The Morgan fingerprint density at radius 1 is 1.00 bits per heavy atom. The van der Waals surface area contributed by atoms with Gasteiger partial charge in [0.25, 0.3) is 10.0 Å². The summed E-state index contributed by atoms with van der Waals surface area (Å²) in [4.78, 5) is 12.5. The van der Waals surface area contributed by atoms with Crippen LogP contribution in [0.25, 0.3) is 0 Å². The Bertz CT molecular complexity index is 1320. The SMILES string of the molecule is O=C(CN(c1cccc(F)c1)S(=O)(=O)c1ccc2c(c1)OCCO2)Nc1ccc(Br)cc1F. The number of carbonyl (C=O) groups is 1. The van der Waals surface area contributed by atoms with Gasteiger partial charge < -0.3 is 14.8 Å². The molecule has 172 valence electrons. The van der Waals surface area contributed by atoms with Crippen LogP contribution < -0.4 is 19.1 Å². The summed E-state index contributed by atoms with van der Waals surface area (Å²) in [7, 11) is -4.34. The lowest BCUT2D eigenvalue weighted by molar-refractivity contribution is -0.114. The highest BCUT2D eigenvalue weighted by molar-refractivity contribution is 9.10. The molecule has 0 unspecified atom stereocenters. The predicted octanol–water partition coefficient (Wildman–Crippen LogP) is 4.33. The second-order valence-electron chi connectivity index (χ2n) is 6.97. The van der Waals surface area contributed by atoms with Gasteiger partial charge in [-0.05, 0) is 48.5 Å². The Morgan fingerprint density at radius 3 is 2.48 bits per heavy atom. The molecule has 3 aromatic rings. The molecule has 4 rings (SSSR count). The van der Waals surface area contributed by atoms with Crippen molar-refractivity contribution in [3.05, 3.63) is 76.8 Å². The Hall–Kier alpha value is -3.18. The van der Waals surface area contributed by atoms with E-state index in [0.717, 1.165) is 22.5 Å². The van der Waals surface area contributed by atoms with Gasteiger partial charge in [-0.2, -0.15) is 0 Å². The first-order valence-electron chi connectivity index (χ1n) is 9.67. The van der Waals surface area contributed by atoms with Crippen LogP contribution in [0.15, 0.2) is 70.0 Å². The van der Waals surface area contributed by atoms with Crippen LogP contribution in [0.2, 0.25) is 0 Å². The third-order valence-electron chi connectivity index (χ3n) is 4.69. The van der Waals surface area contributed by atoms with Crippen molar-refractivity contribution in [2.75, 3.05) is 29.4 Å². The zero-order chi connectivity index (χ0) is 23.6. The van der Waals surface area contributed by atoms with Crippen molar-refractivity contribution < 1.29 is 31.5 Å². The molecule has 7 nitrogen and oxygen atoms in total. The third kappa shape index (κ3) is 5.09. The van der Waals surface area contributed by atoms with E-state index in [1.807, 2.05) is 0 Å². The average molecular weight is 539 g/mol. The minimum absolute atomic E-state index is 0.0729. The van der Waals surface area contributed by atoms with Crippen LogP contribution in [0.4, 0.5) is 20.2 Å². The molecule has 0 saturated heterocycles. The zero-order valence-electron chi connectivity index (χ0n) is 16.9. The normalized spacial score (nSPS) is 12.8. The maximum absolute atomic E-state index is 14.1. The predicted molar refractivity (Wildman–Crippen MR) is 121 cm³/mol. The van der Waals surface area contributed by atoms with Gasteiger partial charge in [-0.1, -0.05) is 22.0 Å². The quantitative estimate of drug-likeness (QED) is 0.504. The fourth-order valence-electron chi connectivity index (χ4n) is 3.17. The van der Waals surface area contributed by atoms with E-state index in [1.54, 1.807) is 0 Å². The van der Waals surface area contributed by atoms with Gasteiger partial charge in [0, 0.05) is 10.5 Å². The van der Waals surface area contributed by atoms with Gasteiger partial charge in [0.15, 0.2) is 11.5 Å². The molecule has 0 bridgehead atoms. The van der Waals surface area contributed by atoms with Crippen LogP contribution in [0.3, 0.4) is 0 Å². The zero-order valence-corrected chi connectivity index (χ0v) is 19.3. The number of rotatable bonds is 6. The molecular weight excluding hydrogens is 522 g/mol. The second-order valence-corrected chi connectivity index (χ2v) is 9.75. The summed E-state index contributed by atoms with van der Waals surface area (Å²) in [6, 6.07) is 12.9. The summed E-state index contributed by atoms with van der Waals surface area (Å²) in [5, 5.41) is 2.35. The lowest BCUT2D eigenvalue weighted by Gasteiger charge is -2.25. The monoisotopic (exact) mass is 538 g/mol. The number of sulfonamides is 1. The number of nitrogens with zero attached hydrogens (tertiary/aromatic N) is 1. The maximum atomic E-state index is 14.1. The van der Waals surface area contributed by atoms with Crippen LogP contribution in [-0.2, 0) is 14.8 Å². The molecule has 11 heteroatoms. The molecule has 1 N–H and O–H groups in total. The van der Waals surface area contributed by atoms with Crippen molar-refractivity contribution in [1.29, 1.82) is 0 Å². The number of amides is 1. The van der Waals surface area contributed by atoms with Crippen LogP contribution in [0.1, 0.15) is 0 Å². The van der Waals surface area contributed by atoms with Gasteiger partial charge in [-0.15, -0.1) is 0 Å². The van der Waals surface area contributed by atoms with Gasteiger partial charge in [0.2, 0.25) is 5.91 Å². The van der Waals surface area contributed by atoms with Gasteiger partial charge in [-0.25, -0.2) is 17.2 Å². The number of carbonyl (C=O) groups excluding carboxylic acids is 1. The highest BCUT2D eigenvalue weighted by Crippen LogP contribution is 2.34. The van der Waals surface area contributed by atoms with Gasteiger partial charge in [-0.3, -0.25) is 9.10 Å². The molecule has 0 spiro atoms. The van der Waals surface area contributed by atoms with Gasteiger partial charge in [0.1, 0.15) is 31.4 Å². The number of ether oxygens (including phenoxy) is 2. The molecule has 0 aromatic heterocycles. The fourth-order valence-corrected chi connectivity index (χ4v) is 4.93. The summed E-state index contributed by atoms with van der Waals surface area (Å²) in [5.41, 5.74) is -0.199. The molecular formula is C22H17BrF2N2O5S. The Morgan fingerprint density at radius 2 is 1.76 bits per heavy atom. The number of benzene rings is 3. The standard InChI is InChI=1S/C22H17BrF2N2O5S/c23-14-4-6-19(18(25)10-14)26-22(28)13-27(16-3-1-2-15(24)11-16)33(29,30)17-5-7-20-21(12-17)32-9-8-31-20/h1-7,10-12H,8-9,13H2,(H,26,28). The highest BCUT2D eigenvalue weighted by atomic mass is 79.9. The van der Waals surface area contributed by atoms with E-state index >= 15 is 0 Å². The fraction of sp³-hybridized carbons (Fsp3) is 0.136. The molecule has 1 aliphatic heterocycles. The lowest BCUT2D eigenvalue weighted by atomic mass is 10.3. The van der Waals surface area contributed by atoms with E-state index in [0.29, 0.717) is 16.8 Å². The first kappa shape index (κ1) is 23.0. The smallest absolute Gasteiger partial charge is 0.264 e. The number of halogens is 3. The first-order chi connectivity index (χ1) is 15.7. The van der Waals surface area contributed by atoms with Crippen LogP contribution in [-0.4, -0.2) is 34.1 Å². The van der Waals surface area contributed by atoms with E-state index in [2.05, 4.69) is 21.2 Å². The van der Waals surface area contributed by atoms with Gasteiger partial charge >= 0.3 is 0 Å². The molecule has 0 fully saturated rings. The molecule has 0 radical (unpaired) electrons. The van der Waals surface area contributed by atoms with Crippen LogP contribution in [0, 0.1) is 11.6 Å². The summed E-state index contributed by atoms with van der Waals surface area (Å²) in [5.74, 6) is -1.58. The number of fused-ring (bicyclic) bond motifs is 1. The average Bonchev–Trinajstić information content (AvgIpc) is 2.79. The van der Waals surface area contributed by atoms with Gasteiger partial charge in [0.05, 0.1) is 16.3 Å². The lowest BCUT2D eigenvalue weighted by Crippen LogP contribution is -2.38. The Kier molecular flexibility index (Phi) is 6.52. The number of hydrogen-bond acceptors (Lipinski definition) is 5. The van der Waals surface area contributed by atoms with Crippen molar-refractivity contribution in [2.45, 2.75) is 4.90 Å². The summed E-state index contributed by atoms with van der Waals surface area (Å²) >= 11 is 3.12. The molecule has 1 amide bonds. The molecule has 1 heterocycles. The molecule has 0 aliphatic carbocycles. The molecule has 1 aliphatic rings. The van der Waals surface area contributed by atoms with Crippen molar-refractivity contribution in [2.24, 2.45) is 0 Å². The summed E-state index contributed by atoms with van der Waals surface area (Å²) < 4.78 is 67.1. The van der Waals surface area contributed by atoms with Crippen LogP contribution >= 0.6 is 15.9 Å². The van der Waals surface area contributed by atoms with E-state index in [4.69, 9.17) is 9.47 Å². The summed E-state index contributed by atoms with van der Waals surface area (Å²) in [6.45, 7) is -0.137. The van der Waals surface area contributed by atoms with Crippen molar-refractivity contribution in [1.82, 2.24) is 0 Å². The van der Waals surface area contributed by atoms with Crippen molar-refractivity contribution in [3.63, 3.8) is 0 Å². The molecule has 0 saturated carbocycles. The van der Waals surface area contributed by atoms with E-state index in [1.165, 1.54) is 42.5 Å². The topological polar surface area (TPSA) is 84.9 Å². The first-order valence-corrected chi connectivity index (χ1v) is 11.9. The Balaban J connectivity index is 1.68. The van der Waals surface area contributed by atoms with E-state index < -0.39 is 34.1 Å². The third-order valence-corrected chi connectivity index (χ3v) is 6.95. The minimum Gasteiger partial charge on any atom is -0.486 e. The van der Waals surface area contributed by atoms with Crippen molar-refractivity contribution >= 4 is 43.2 Å². The summed E-state index contributed by atoms with van der Waals surface area (Å²) in [6.07, 6.45) is 0. The van der Waals surface area contributed by atoms with Crippen molar-refractivity contribution in [3.8, 4) is 11.5 Å². The minimum atomic E-state index is -4.34. The Labute approximate surface area is 197 Å². The molecule has 0 atom stereocenters. The highest BCUT2D eigenvalue weighted by Gasteiger charge is 2.29. The van der Waals surface area contributed by atoms with Crippen LogP contribution in [0.5, 0.6) is 11.5 Å². The number of nitrogens with one attached hydrogen (secondary N) is 1. The second kappa shape index (κ2) is 9.36. The van der Waals surface area contributed by atoms with E-state index in [9.17, 15) is 22.0 Å². The molecule has 33 heavy (non-hydrogen) atoms. The van der Waals surface area contributed by atoms with E-state index in [-0.39, 0.29) is 28.6 Å². The molecule has 3 aromatic carbocycles. The number of hydrogen-bond donors (Lipinski definition) is 1. The largest absolute Gasteiger partial charge is 0.486 e. The maximum Gasteiger partial charge on any atom is 0.264 e.